The number of halogens is 2. The maximum absolute atomic E-state index is 14.0. The third-order valence-electron chi connectivity index (χ3n) is 5.78. The van der Waals surface area contributed by atoms with Gasteiger partial charge in [0.05, 0.1) is 11.3 Å². The number of nitrogens with one attached hydrogen (secondary N) is 1. The highest BCUT2D eigenvalue weighted by atomic mass is 19.1. The van der Waals surface area contributed by atoms with Gasteiger partial charge in [-0.05, 0) is 63.1 Å². The Morgan fingerprint density at radius 1 is 0.974 bits per heavy atom. The number of ether oxygens (including phenoxy) is 2. The molecule has 0 saturated carbocycles. The maximum atomic E-state index is 14.0. The molecular weight excluding hydrogens is 492 g/mol. The van der Waals surface area contributed by atoms with Crippen LogP contribution in [-0.2, 0) is 24.3 Å². The van der Waals surface area contributed by atoms with Crippen LogP contribution in [0.2, 0.25) is 0 Å². The van der Waals surface area contributed by atoms with Crippen molar-refractivity contribution in [1.29, 1.82) is 0 Å². The van der Waals surface area contributed by atoms with E-state index in [2.05, 4.69) is 10.3 Å². The molecular formula is C29H29F2N3O4. The molecule has 2 heterocycles. The zero-order valence-corrected chi connectivity index (χ0v) is 21.7. The second-order valence-corrected chi connectivity index (χ2v) is 9.82. The fourth-order valence-electron chi connectivity index (χ4n) is 4.07. The molecule has 0 fully saturated rings. The molecule has 1 N–H and O–H groups in total. The molecule has 4 rings (SSSR count). The Balaban J connectivity index is 1.54. The summed E-state index contributed by atoms with van der Waals surface area (Å²) < 4.78 is 40.7. The lowest BCUT2D eigenvalue weighted by atomic mass is 10.0. The summed E-state index contributed by atoms with van der Waals surface area (Å²) >= 11 is 0. The molecule has 0 unspecified atom stereocenters. The SMILES string of the molecule is Cc1nc2c(OCc3c(F)cccc3F)cccn2c1C(=O)Cc1ccccc1CNC(=O)OC(C)(C)C. The van der Waals surface area contributed by atoms with Gasteiger partial charge in [-0.3, -0.25) is 9.20 Å². The van der Waals surface area contributed by atoms with Gasteiger partial charge < -0.3 is 14.8 Å². The molecule has 0 aliphatic carbocycles. The van der Waals surface area contributed by atoms with E-state index in [1.807, 2.05) is 24.3 Å². The van der Waals surface area contributed by atoms with E-state index in [-0.39, 0.29) is 30.9 Å². The molecule has 0 bridgehead atoms. The lowest BCUT2D eigenvalue weighted by molar-refractivity contribution is 0.0523. The van der Waals surface area contributed by atoms with Crippen molar-refractivity contribution in [2.45, 2.75) is 52.9 Å². The second-order valence-electron chi connectivity index (χ2n) is 9.82. The Morgan fingerprint density at radius 3 is 2.34 bits per heavy atom. The lowest BCUT2D eigenvalue weighted by Gasteiger charge is -2.20. The average molecular weight is 522 g/mol. The molecule has 4 aromatic rings. The van der Waals surface area contributed by atoms with E-state index >= 15 is 0 Å². The number of benzene rings is 2. The van der Waals surface area contributed by atoms with Gasteiger partial charge in [0, 0.05) is 19.2 Å². The summed E-state index contributed by atoms with van der Waals surface area (Å²) in [6.07, 6.45) is 1.22. The van der Waals surface area contributed by atoms with Crippen LogP contribution in [0.25, 0.3) is 5.65 Å². The monoisotopic (exact) mass is 521 g/mol. The fraction of sp³-hybridized carbons (Fsp3) is 0.276. The fourth-order valence-corrected chi connectivity index (χ4v) is 4.07. The molecule has 38 heavy (non-hydrogen) atoms. The standard InChI is InChI=1S/C29H29F2N3O4/c1-18-26(24(35)15-19-9-5-6-10-20(19)16-32-28(36)38-29(2,3)4)34-14-8-13-25(27(34)33-18)37-17-21-22(30)11-7-12-23(21)31/h5-14H,15-17H2,1-4H3,(H,32,36). The largest absolute Gasteiger partial charge is 0.485 e. The molecule has 0 aliphatic rings. The quantitative estimate of drug-likeness (QED) is 0.290. The molecule has 198 valence electrons. The topological polar surface area (TPSA) is 81.9 Å². The molecule has 0 saturated heterocycles. The molecule has 0 atom stereocenters. The Hall–Kier alpha value is -4.27. The zero-order valence-electron chi connectivity index (χ0n) is 21.7. The number of rotatable bonds is 8. The van der Waals surface area contributed by atoms with Crippen LogP contribution in [0, 0.1) is 18.6 Å². The lowest BCUT2D eigenvalue weighted by Crippen LogP contribution is -2.32. The number of aromatic nitrogens is 2. The van der Waals surface area contributed by atoms with Crippen LogP contribution in [0.3, 0.4) is 0 Å². The van der Waals surface area contributed by atoms with E-state index in [1.54, 1.807) is 50.4 Å². The van der Waals surface area contributed by atoms with Crippen molar-refractivity contribution in [1.82, 2.24) is 14.7 Å². The number of hydrogen-bond donors (Lipinski definition) is 1. The molecule has 9 heteroatoms. The third-order valence-corrected chi connectivity index (χ3v) is 5.78. The number of amides is 1. The van der Waals surface area contributed by atoms with Crippen molar-refractivity contribution in [2.24, 2.45) is 0 Å². The molecule has 7 nitrogen and oxygen atoms in total. The van der Waals surface area contributed by atoms with E-state index in [9.17, 15) is 18.4 Å². The zero-order chi connectivity index (χ0) is 27.4. The number of imidazole rings is 1. The van der Waals surface area contributed by atoms with Crippen LogP contribution < -0.4 is 10.1 Å². The minimum atomic E-state index is -0.702. The van der Waals surface area contributed by atoms with Gasteiger partial charge in [-0.2, -0.15) is 0 Å². The van der Waals surface area contributed by atoms with Crippen molar-refractivity contribution in [3.63, 3.8) is 0 Å². The molecule has 2 aromatic carbocycles. The number of Topliss-reactive ketones (excluding diaryl/α,β-unsaturated/α-hetero) is 1. The number of alkyl carbamates (subject to hydrolysis) is 1. The van der Waals surface area contributed by atoms with E-state index in [0.29, 0.717) is 22.8 Å². The number of carbonyl (C=O) groups is 2. The summed E-state index contributed by atoms with van der Waals surface area (Å²) in [5, 5.41) is 2.73. The Morgan fingerprint density at radius 2 is 1.66 bits per heavy atom. The van der Waals surface area contributed by atoms with Gasteiger partial charge in [0.25, 0.3) is 0 Å². The van der Waals surface area contributed by atoms with E-state index in [1.165, 1.54) is 18.2 Å². The minimum absolute atomic E-state index is 0.0757. The van der Waals surface area contributed by atoms with Crippen LogP contribution in [0.15, 0.2) is 60.8 Å². The van der Waals surface area contributed by atoms with Gasteiger partial charge >= 0.3 is 6.09 Å². The Kier molecular flexibility index (Phi) is 7.75. The molecule has 1 amide bonds. The normalized spacial score (nSPS) is 11.4. The van der Waals surface area contributed by atoms with Gasteiger partial charge in [0.15, 0.2) is 17.2 Å². The number of nitrogens with zero attached hydrogens (tertiary/aromatic N) is 2. The predicted octanol–water partition coefficient (Wildman–Crippen LogP) is 5.95. The van der Waals surface area contributed by atoms with Crippen molar-refractivity contribution < 1.29 is 27.8 Å². The molecule has 0 aliphatic heterocycles. The smallest absolute Gasteiger partial charge is 0.407 e. The summed E-state index contributed by atoms with van der Waals surface area (Å²) in [5.74, 6) is -1.30. The molecule has 0 radical (unpaired) electrons. The first-order chi connectivity index (χ1) is 18.0. The van der Waals surface area contributed by atoms with Crippen LogP contribution in [0.4, 0.5) is 13.6 Å². The highest BCUT2D eigenvalue weighted by molar-refractivity contribution is 5.98. The Labute approximate surface area is 219 Å². The van der Waals surface area contributed by atoms with Crippen LogP contribution in [0.1, 0.15) is 53.6 Å². The van der Waals surface area contributed by atoms with Gasteiger partial charge in [-0.25, -0.2) is 18.6 Å². The van der Waals surface area contributed by atoms with Gasteiger partial charge in [-0.15, -0.1) is 0 Å². The van der Waals surface area contributed by atoms with Crippen molar-refractivity contribution in [3.8, 4) is 5.75 Å². The summed E-state index contributed by atoms with van der Waals surface area (Å²) in [6.45, 7) is 6.95. The number of carbonyl (C=O) groups excluding carboxylic acids is 2. The number of pyridine rings is 1. The van der Waals surface area contributed by atoms with E-state index in [4.69, 9.17) is 9.47 Å². The summed E-state index contributed by atoms with van der Waals surface area (Å²) in [5.41, 5.74) is 1.96. The van der Waals surface area contributed by atoms with Crippen molar-refractivity contribution >= 4 is 17.5 Å². The number of aryl methyl sites for hydroxylation is 1. The number of hydrogen-bond acceptors (Lipinski definition) is 5. The van der Waals surface area contributed by atoms with E-state index in [0.717, 1.165) is 11.1 Å². The first-order valence-electron chi connectivity index (χ1n) is 12.1. The van der Waals surface area contributed by atoms with Crippen LogP contribution in [0.5, 0.6) is 5.75 Å². The van der Waals surface area contributed by atoms with E-state index < -0.39 is 23.3 Å². The summed E-state index contributed by atoms with van der Waals surface area (Å²) in [6, 6.07) is 14.3. The van der Waals surface area contributed by atoms with Gasteiger partial charge in [-0.1, -0.05) is 30.3 Å². The number of ketones is 1. The van der Waals surface area contributed by atoms with Crippen LogP contribution >= 0.6 is 0 Å². The Bertz CT molecular complexity index is 1470. The van der Waals surface area contributed by atoms with Gasteiger partial charge in [0.2, 0.25) is 0 Å². The summed E-state index contributed by atoms with van der Waals surface area (Å²) in [7, 11) is 0. The molecule has 0 spiro atoms. The van der Waals surface area contributed by atoms with Crippen molar-refractivity contribution in [2.75, 3.05) is 0 Å². The second kappa shape index (κ2) is 11.0. The third kappa shape index (κ3) is 6.16. The predicted molar refractivity (Wildman–Crippen MR) is 138 cm³/mol. The highest BCUT2D eigenvalue weighted by Crippen LogP contribution is 2.25. The van der Waals surface area contributed by atoms with Gasteiger partial charge in [0.1, 0.15) is 29.5 Å². The number of fused-ring (bicyclic) bond motifs is 1. The molecule has 2 aromatic heterocycles. The maximum Gasteiger partial charge on any atom is 0.407 e. The first-order valence-corrected chi connectivity index (χ1v) is 12.1. The highest BCUT2D eigenvalue weighted by Gasteiger charge is 2.21. The minimum Gasteiger partial charge on any atom is -0.485 e. The van der Waals surface area contributed by atoms with Crippen molar-refractivity contribution in [3.05, 3.63) is 101 Å². The average Bonchev–Trinajstić information content (AvgIpc) is 3.18. The van der Waals surface area contributed by atoms with Crippen LogP contribution in [-0.4, -0.2) is 26.9 Å². The first kappa shape index (κ1) is 26.8. The summed E-state index contributed by atoms with van der Waals surface area (Å²) in [4.78, 5) is 30.1.